The summed E-state index contributed by atoms with van der Waals surface area (Å²) in [4.78, 5) is 11.6. The summed E-state index contributed by atoms with van der Waals surface area (Å²) in [6, 6.07) is 7.04. The second-order valence-electron chi connectivity index (χ2n) is 3.61. The molecule has 15 heavy (non-hydrogen) atoms. The second-order valence-corrected chi connectivity index (χ2v) is 5.13. The smallest absolute Gasteiger partial charge is 0.187 e. The number of aryl methyl sites for hydroxylation is 1. The molecule has 2 aliphatic heterocycles. The van der Waals surface area contributed by atoms with Crippen molar-refractivity contribution in [3.8, 4) is 11.1 Å². The van der Waals surface area contributed by atoms with Gasteiger partial charge in [-0.15, -0.1) is 0 Å². The van der Waals surface area contributed by atoms with Gasteiger partial charge in [-0.25, -0.2) is 0 Å². The van der Waals surface area contributed by atoms with Crippen LogP contribution in [0.2, 0.25) is 0 Å². The molecule has 0 aromatic heterocycles. The minimum absolute atomic E-state index is 0.0282. The van der Waals surface area contributed by atoms with Gasteiger partial charge in [0.05, 0.1) is 10.8 Å². The second kappa shape index (κ2) is 3.03. The van der Waals surface area contributed by atoms with Crippen molar-refractivity contribution in [2.75, 3.05) is 5.75 Å². The fraction of sp³-hybridized carbons (Fsp3) is 0.182. The van der Waals surface area contributed by atoms with Crippen molar-refractivity contribution in [3.05, 3.63) is 40.7 Å². The summed E-state index contributed by atoms with van der Waals surface area (Å²) >= 11 is 0. The van der Waals surface area contributed by atoms with E-state index in [4.69, 9.17) is 0 Å². The van der Waals surface area contributed by atoms with Crippen molar-refractivity contribution in [1.29, 1.82) is 0 Å². The standard InChI is InChI=1S/C11H9NO2S/c13-10-3-1-2-8-6-11-12(7-9(8)10)4-5-15(11)14/h1-3,6-7H,4-5H2. The Hall–Kier alpha value is -1.42. The topological polar surface area (TPSA) is 39.1 Å². The summed E-state index contributed by atoms with van der Waals surface area (Å²) in [6.45, 7) is 0.742. The van der Waals surface area contributed by atoms with Gasteiger partial charge in [-0.3, -0.25) is 9.00 Å². The Morgan fingerprint density at radius 2 is 2.20 bits per heavy atom. The van der Waals surface area contributed by atoms with Gasteiger partial charge in [0.1, 0.15) is 5.03 Å². The summed E-state index contributed by atoms with van der Waals surface area (Å²) in [6.07, 6.45) is 1.82. The fourth-order valence-corrected chi connectivity index (χ4v) is 3.15. The van der Waals surface area contributed by atoms with E-state index < -0.39 is 10.8 Å². The number of hydrogen-bond donors (Lipinski definition) is 0. The van der Waals surface area contributed by atoms with Crippen molar-refractivity contribution < 1.29 is 4.21 Å². The molecule has 0 radical (unpaired) electrons. The molecule has 0 spiro atoms. The largest absolute Gasteiger partial charge is 0.339 e. The van der Waals surface area contributed by atoms with Gasteiger partial charge in [-0.1, -0.05) is 12.1 Å². The van der Waals surface area contributed by atoms with Crippen molar-refractivity contribution in [1.82, 2.24) is 4.57 Å². The summed E-state index contributed by atoms with van der Waals surface area (Å²) in [5.41, 5.74) is 1.62. The number of hydrogen-bond acceptors (Lipinski definition) is 2. The van der Waals surface area contributed by atoms with Crippen LogP contribution in [0.5, 0.6) is 0 Å². The van der Waals surface area contributed by atoms with Crippen LogP contribution < -0.4 is 5.43 Å². The Morgan fingerprint density at radius 1 is 1.33 bits per heavy atom. The van der Waals surface area contributed by atoms with E-state index in [-0.39, 0.29) is 5.43 Å². The molecule has 1 aliphatic carbocycles. The minimum atomic E-state index is -0.899. The number of fused-ring (bicyclic) bond motifs is 2. The molecular weight excluding hydrogens is 210 g/mol. The molecule has 3 nitrogen and oxygen atoms in total. The molecule has 1 atom stereocenters. The van der Waals surface area contributed by atoms with E-state index in [1.165, 1.54) is 0 Å². The average Bonchev–Trinajstić information content (AvgIpc) is 2.59. The molecule has 0 saturated carbocycles. The van der Waals surface area contributed by atoms with E-state index in [2.05, 4.69) is 0 Å². The molecule has 0 aromatic carbocycles. The molecule has 0 bridgehead atoms. The highest BCUT2D eigenvalue weighted by Gasteiger charge is 2.19. The lowest BCUT2D eigenvalue weighted by molar-refractivity contribution is 0.683. The summed E-state index contributed by atoms with van der Waals surface area (Å²) in [5, 5.41) is 0.827. The van der Waals surface area contributed by atoms with E-state index >= 15 is 0 Å². The highest BCUT2D eigenvalue weighted by molar-refractivity contribution is 7.85. The third-order valence-corrected chi connectivity index (χ3v) is 4.07. The van der Waals surface area contributed by atoms with Gasteiger partial charge < -0.3 is 4.57 Å². The molecule has 2 heterocycles. The first-order valence-electron chi connectivity index (χ1n) is 4.77. The zero-order chi connectivity index (χ0) is 10.4. The normalized spacial score (nSPS) is 19.3. The maximum absolute atomic E-state index is 11.6. The number of pyridine rings is 1. The van der Waals surface area contributed by atoms with E-state index in [1.54, 1.807) is 12.1 Å². The molecule has 1 unspecified atom stereocenters. The SMILES string of the molecule is O=c1cccc2cc3n(cc1-2)CCS3=O. The van der Waals surface area contributed by atoms with Crippen LogP contribution in [0.1, 0.15) is 0 Å². The van der Waals surface area contributed by atoms with Crippen LogP contribution in [0.15, 0.2) is 40.3 Å². The maximum atomic E-state index is 11.6. The summed E-state index contributed by atoms with van der Waals surface area (Å²) in [5.74, 6) is 0.657. The summed E-state index contributed by atoms with van der Waals surface area (Å²) < 4.78 is 13.5. The highest BCUT2D eigenvalue weighted by Crippen LogP contribution is 2.24. The zero-order valence-electron chi connectivity index (χ0n) is 7.97. The molecule has 3 aliphatic rings. The Bertz CT molecular complexity index is 588. The number of aromatic nitrogens is 1. The predicted molar refractivity (Wildman–Crippen MR) is 58.6 cm³/mol. The average molecular weight is 219 g/mol. The van der Waals surface area contributed by atoms with E-state index in [0.717, 1.165) is 17.1 Å². The lowest BCUT2D eigenvalue weighted by atomic mass is 10.1. The van der Waals surface area contributed by atoms with Gasteiger partial charge >= 0.3 is 0 Å². The number of nitrogens with zero attached hydrogens (tertiary/aromatic N) is 1. The van der Waals surface area contributed by atoms with Crippen LogP contribution in [0, 0.1) is 0 Å². The van der Waals surface area contributed by atoms with Crippen molar-refractivity contribution in [3.63, 3.8) is 0 Å². The van der Waals surface area contributed by atoms with Crippen LogP contribution in [0.3, 0.4) is 0 Å². The molecular formula is C11H9NO2S. The first-order valence-corrected chi connectivity index (χ1v) is 6.09. The van der Waals surface area contributed by atoms with Crippen LogP contribution in [-0.2, 0) is 17.3 Å². The van der Waals surface area contributed by atoms with Crippen molar-refractivity contribution >= 4 is 10.8 Å². The lowest BCUT2D eigenvalue weighted by Crippen LogP contribution is -2.07. The molecule has 0 N–H and O–H groups in total. The Labute approximate surface area is 89.2 Å². The predicted octanol–water partition coefficient (Wildman–Crippen LogP) is 1.07. The Balaban J connectivity index is 2.41. The van der Waals surface area contributed by atoms with Crippen LogP contribution in [0.4, 0.5) is 0 Å². The van der Waals surface area contributed by atoms with Gasteiger partial charge in [0.25, 0.3) is 0 Å². The molecule has 0 fully saturated rings. The molecule has 3 rings (SSSR count). The van der Waals surface area contributed by atoms with Crippen LogP contribution in [-0.4, -0.2) is 14.5 Å². The molecule has 76 valence electrons. The molecule has 0 amide bonds. The summed E-state index contributed by atoms with van der Waals surface area (Å²) in [7, 11) is -0.899. The molecule has 0 saturated heterocycles. The monoisotopic (exact) mass is 219 g/mol. The number of rotatable bonds is 0. The van der Waals surface area contributed by atoms with Crippen LogP contribution in [0.25, 0.3) is 11.1 Å². The maximum Gasteiger partial charge on any atom is 0.187 e. The Kier molecular flexibility index (Phi) is 1.79. The zero-order valence-corrected chi connectivity index (χ0v) is 8.79. The van der Waals surface area contributed by atoms with Crippen molar-refractivity contribution in [2.45, 2.75) is 11.6 Å². The quantitative estimate of drug-likeness (QED) is 0.665. The number of benzene rings is 1. The Morgan fingerprint density at radius 3 is 3.07 bits per heavy atom. The van der Waals surface area contributed by atoms with E-state index in [0.29, 0.717) is 11.3 Å². The van der Waals surface area contributed by atoms with Gasteiger partial charge in [-0.05, 0) is 17.7 Å². The highest BCUT2D eigenvalue weighted by atomic mass is 32.2. The molecule has 0 aromatic rings. The fourth-order valence-electron chi connectivity index (χ4n) is 1.92. The van der Waals surface area contributed by atoms with Crippen molar-refractivity contribution in [2.24, 2.45) is 0 Å². The van der Waals surface area contributed by atoms with Gasteiger partial charge in [0.2, 0.25) is 0 Å². The minimum Gasteiger partial charge on any atom is -0.339 e. The van der Waals surface area contributed by atoms with Crippen LogP contribution >= 0.6 is 0 Å². The molecule has 4 heteroatoms. The third kappa shape index (κ3) is 1.25. The van der Waals surface area contributed by atoms with E-state index in [1.807, 2.05) is 22.9 Å². The van der Waals surface area contributed by atoms with Gasteiger partial charge in [-0.2, -0.15) is 0 Å². The first kappa shape index (κ1) is 8.85. The van der Waals surface area contributed by atoms with Gasteiger partial charge in [0, 0.05) is 24.1 Å². The van der Waals surface area contributed by atoms with Gasteiger partial charge in [0.15, 0.2) is 5.43 Å². The lowest BCUT2D eigenvalue weighted by Gasteiger charge is -2.08. The first-order chi connectivity index (χ1) is 7.25. The third-order valence-electron chi connectivity index (χ3n) is 2.70. The van der Waals surface area contributed by atoms with E-state index in [9.17, 15) is 9.00 Å².